The molecule has 1 aromatic carbocycles. The summed E-state index contributed by atoms with van der Waals surface area (Å²) in [5.41, 5.74) is 1.04. The number of nitrogens with one attached hydrogen (secondary N) is 2. The highest BCUT2D eigenvalue weighted by Crippen LogP contribution is 2.40. The van der Waals surface area contributed by atoms with Gasteiger partial charge in [-0.1, -0.05) is 30.3 Å². The van der Waals surface area contributed by atoms with Crippen LogP contribution in [-0.4, -0.2) is 26.3 Å². The Morgan fingerprint density at radius 1 is 1.32 bits per heavy atom. The smallest absolute Gasteiger partial charge is 0.315 e. The summed E-state index contributed by atoms with van der Waals surface area (Å²) >= 11 is 0. The molecule has 0 bridgehead atoms. The van der Waals surface area contributed by atoms with E-state index in [-0.39, 0.29) is 11.6 Å². The van der Waals surface area contributed by atoms with Gasteiger partial charge in [-0.05, 0) is 31.2 Å². The minimum Gasteiger partial charge on any atom is -0.385 e. The number of hydrogen-bond donors (Lipinski definition) is 2. The maximum absolute atomic E-state index is 11.9. The number of rotatable bonds is 6. The predicted molar refractivity (Wildman–Crippen MR) is 75.0 cm³/mol. The topological polar surface area (TPSA) is 50.4 Å². The lowest BCUT2D eigenvalue weighted by Gasteiger charge is -2.43. The Bertz CT molecular complexity index is 402. The van der Waals surface area contributed by atoms with E-state index in [0.717, 1.165) is 19.3 Å². The number of amides is 2. The van der Waals surface area contributed by atoms with E-state index in [9.17, 15) is 4.79 Å². The molecule has 2 rings (SSSR count). The molecule has 0 saturated heterocycles. The van der Waals surface area contributed by atoms with Crippen LogP contribution in [0.3, 0.4) is 0 Å². The van der Waals surface area contributed by atoms with E-state index >= 15 is 0 Å². The van der Waals surface area contributed by atoms with Crippen LogP contribution in [0.15, 0.2) is 30.3 Å². The molecule has 1 aromatic rings. The minimum atomic E-state index is -0.160. The number of urea groups is 1. The van der Waals surface area contributed by atoms with Gasteiger partial charge in [-0.25, -0.2) is 4.79 Å². The molecular weight excluding hydrogens is 240 g/mol. The van der Waals surface area contributed by atoms with Gasteiger partial charge in [0.2, 0.25) is 0 Å². The van der Waals surface area contributed by atoms with Gasteiger partial charge in [0.15, 0.2) is 0 Å². The molecule has 19 heavy (non-hydrogen) atoms. The van der Waals surface area contributed by atoms with Crippen molar-refractivity contribution in [2.45, 2.75) is 31.2 Å². The molecule has 1 saturated carbocycles. The fourth-order valence-corrected chi connectivity index (χ4v) is 2.45. The molecule has 0 spiro atoms. The molecule has 0 heterocycles. The van der Waals surface area contributed by atoms with Crippen LogP contribution in [0.2, 0.25) is 0 Å². The van der Waals surface area contributed by atoms with Gasteiger partial charge in [-0.2, -0.15) is 0 Å². The molecule has 4 heteroatoms. The van der Waals surface area contributed by atoms with Crippen LogP contribution in [0.25, 0.3) is 0 Å². The van der Waals surface area contributed by atoms with Crippen molar-refractivity contribution in [2.75, 3.05) is 20.3 Å². The van der Waals surface area contributed by atoms with Gasteiger partial charge < -0.3 is 15.4 Å². The van der Waals surface area contributed by atoms with Gasteiger partial charge >= 0.3 is 6.03 Å². The second-order valence-corrected chi connectivity index (χ2v) is 5.03. The molecule has 4 nitrogen and oxygen atoms in total. The first kappa shape index (κ1) is 13.9. The molecule has 0 radical (unpaired) electrons. The molecule has 1 aliphatic rings. The number of benzene rings is 1. The zero-order valence-electron chi connectivity index (χ0n) is 11.4. The highest BCUT2D eigenvalue weighted by molar-refractivity contribution is 5.75. The Balaban J connectivity index is 1.87. The van der Waals surface area contributed by atoms with Gasteiger partial charge in [-0.3, -0.25) is 0 Å². The first-order valence-electron chi connectivity index (χ1n) is 6.87. The number of carbonyl (C=O) groups excluding carboxylic acids is 1. The van der Waals surface area contributed by atoms with Crippen molar-refractivity contribution in [3.05, 3.63) is 35.9 Å². The largest absolute Gasteiger partial charge is 0.385 e. The fraction of sp³-hybridized carbons (Fsp3) is 0.533. The van der Waals surface area contributed by atoms with Crippen molar-refractivity contribution >= 4 is 6.03 Å². The van der Waals surface area contributed by atoms with Gasteiger partial charge in [0.05, 0.1) is 5.54 Å². The zero-order chi connectivity index (χ0) is 13.6. The van der Waals surface area contributed by atoms with Gasteiger partial charge in [-0.15, -0.1) is 0 Å². The third kappa shape index (κ3) is 3.47. The maximum atomic E-state index is 11.9. The average Bonchev–Trinajstić information content (AvgIpc) is 2.40. The Kier molecular flexibility index (Phi) is 4.80. The second kappa shape index (κ2) is 6.57. The Labute approximate surface area is 114 Å². The summed E-state index contributed by atoms with van der Waals surface area (Å²) in [5.74, 6) is 0. The van der Waals surface area contributed by atoms with Crippen LogP contribution in [0.5, 0.6) is 0 Å². The molecule has 0 unspecified atom stereocenters. The van der Waals surface area contributed by atoms with Crippen LogP contribution in [0.1, 0.15) is 31.2 Å². The van der Waals surface area contributed by atoms with E-state index in [1.165, 1.54) is 12.0 Å². The van der Waals surface area contributed by atoms with E-state index in [1.807, 2.05) is 18.2 Å². The summed E-state index contributed by atoms with van der Waals surface area (Å²) in [6.45, 7) is 1.31. The van der Waals surface area contributed by atoms with Gasteiger partial charge in [0, 0.05) is 20.3 Å². The van der Waals surface area contributed by atoms with E-state index < -0.39 is 0 Å². The maximum Gasteiger partial charge on any atom is 0.315 e. The molecule has 0 atom stereocenters. The van der Waals surface area contributed by atoms with E-state index in [1.54, 1.807) is 7.11 Å². The summed E-state index contributed by atoms with van der Waals surface area (Å²) in [6, 6.07) is 10.1. The molecule has 1 aliphatic carbocycles. The number of methoxy groups -OCH3 is 1. The summed E-state index contributed by atoms with van der Waals surface area (Å²) in [4.78, 5) is 11.9. The fourth-order valence-electron chi connectivity index (χ4n) is 2.45. The lowest BCUT2D eigenvalue weighted by molar-refractivity contribution is 0.174. The number of carbonyl (C=O) groups is 1. The minimum absolute atomic E-state index is 0.0837. The van der Waals surface area contributed by atoms with E-state index in [4.69, 9.17) is 4.74 Å². The summed E-state index contributed by atoms with van der Waals surface area (Å²) < 4.78 is 4.95. The average molecular weight is 262 g/mol. The predicted octanol–water partition coefficient (Wildman–Crippen LogP) is 2.40. The van der Waals surface area contributed by atoms with Crippen molar-refractivity contribution in [2.24, 2.45) is 0 Å². The normalized spacial score (nSPS) is 16.5. The molecule has 2 amide bonds. The Morgan fingerprint density at radius 2 is 2.05 bits per heavy atom. The lowest BCUT2D eigenvalue weighted by Crippen LogP contribution is -2.54. The van der Waals surface area contributed by atoms with E-state index in [2.05, 4.69) is 22.8 Å². The second-order valence-electron chi connectivity index (χ2n) is 5.03. The first-order valence-corrected chi connectivity index (χ1v) is 6.87. The molecular formula is C15H22N2O2. The van der Waals surface area contributed by atoms with Crippen LogP contribution in [-0.2, 0) is 10.3 Å². The van der Waals surface area contributed by atoms with Crippen LogP contribution in [0.4, 0.5) is 4.79 Å². The molecule has 2 N–H and O–H groups in total. The summed E-state index contributed by atoms with van der Waals surface area (Å²) in [7, 11) is 1.67. The van der Waals surface area contributed by atoms with Crippen LogP contribution < -0.4 is 10.6 Å². The molecule has 0 aromatic heterocycles. The summed E-state index contributed by atoms with van der Waals surface area (Å²) in [5, 5.41) is 6.01. The number of hydrogen-bond acceptors (Lipinski definition) is 2. The SMILES string of the molecule is COCCCNC(=O)NC1(c2ccccc2)CCC1. The Morgan fingerprint density at radius 3 is 2.63 bits per heavy atom. The third-order valence-electron chi connectivity index (χ3n) is 3.70. The van der Waals surface area contributed by atoms with Crippen molar-refractivity contribution in [1.82, 2.24) is 10.6 Å². The van der Waals surface area contributed by atoms with Crippen molar-refractivity contribution < 1.29 is 9.53 Å². The zero-order valence-corrected chi connectivity index (χ0v) is 11.4. The van der Waals surface area contributed by atoms with E-state index in [0.29, 0.717) is 13.2 Å². The van der Waals surface area contributed by atoms with Gasteiger partial charge in [0.1, 0.15) is 0 Å². The van der Waals surface area contributed by atoms with Crippen molar-refractivity contribution in [3.8, 4) is 0 Å². The van der Waals surface area contributed by atoms with Crippen LogP contribution in [0, 0.1) is 0 Å². The lowest BCUT2D eigenvalue weighted by atomic mass is 9.72. The van der Waals surface area contributed by atoms with Crippen LogP contribution >= 0.6 is 0 Å². The molecule has 0 aliphatic heterocycles. The number of ether oxygens (including phenoxy) is 1. The standard InChI is InChI=1S/C15H22N2O2/c1-19-12-6-11-16-14(18)17-15(9-5-10-15)13-7-3-2-4-8-13/h2-4,7-8H,5-6,9-12H2,1H3,(H2,16,17,18). The third-order valence-corrected chi connectivity index (χ3v) is 3.70. The summed E-state index contributed by atoms with van der Waals surface area (Å²) in [6.07, 6.45) is 4.03. The highest BCUT2D eigenvalue weighted by Gasteiger charge is 2.39. The van der Waals surface area contributed by atoms with Gasteiger partial charge in [0.25, 0.3) is 0 Å². The van der Waals surface area contributed by atoms with Crippen molar-refractivity contribution in [3.63, 3.8) is 0 Å². The highest BCUT2D eigenvalue weighted by atomic mass is 16.5. The Hall–Kier alpha value is -1.55. The first-order chi connectivity index (χ1) is 9.27. The van der Waals surface area contributed by atoms with Crippen molar-refractivity contribution in [1.29, 1.82) is 0 Å². The molecule has 104 valence electrons. The quantitative estimate of drug-likeness (QED) is 0.773. The molecule has 1 fully saturated rings. The monoisotopic (exact) mass is 262 g/mol.